The molecule has 1 aromatic rings. The van der Waals surface area contributed by atoms with E-state index in [1.165, 1.54) is 17.4 Å². The average Bonchev–Trinajstić information content (AvgIpc) is 2.41. The summed E-state index contributed by atoms with van der Waals surface area (Å²) in [6.45, 7) is 5.67. The van der Waals surface area contributed by atoms with Crippen LogP contribution in [-0.4, -0.2) is 32.4 Å². The lowest BCUT2D eigenvalue weighted by atomic mass is 10.0. The summed E-state index contributed by atoms with van der Waals surface area (Å²) in [5.41, 5.74) is -0.386. The minimum Gasteiger partial charge on any atom is -0.316 e. The van der Waals surface area contributed by atoms with Crippen molar-refractivity contribution in [2.45, 2.75) is 44.2 Å². The number of rotatable bonds is 6. The summed E-state index contributed by atoms with van der Waals surface area (Å²) in [6.07, 6.45) is 0.605. The Kier molecular flexibility index (Phi) is 5.77. The SMILES string of the molecule is CCC(C)(C)N(C)S(=O)(=O)c1cc(Cl)cc(CNC)c1F. The molecule has 4 nitrogen and oxygen atoms in total. The first-order valence-corrected chi connectivity index (χ1v) is 8.51. The van der Waals surface area contributed by atoms with Gasteiger partial charge in [-0.1, -0.05) is 18.5 Å². The first-order valence-electron chi connectivity index (χ1n) is 6.69. The second-order valence-corrected chi connectivity index (χ2v) is 7.92. The predicted octanol–water partition coefficient (Wildman–Crippen LogP) is 3.01. The molecule has 0 spiro atoms. The molecule has 0 heterocycles. The van der Waals surface area contributed by atoms with Gasteiger partial charge >= 0.3 is 0 Å². The van der Waals surface area contributed by atoms with Gasteiger partial charge in [0.2, 0.25) is 10.0 Å². The van der Waals surface area contributed by atoms with Gasteiger partial charge in [0.15, 0.2) is 0 Å². The molecule has 0 aliphatic carbocycles. The molecule has 0 radical (unpaired) electrons. The monoisotopic (exact) mass is 336 g/mol. The van der Waals surface area contributed by atoms with Crippen molar-refractivity contribution in [3.8, 4) is 0 Å². The molecule has 21 heavy (non-hydrogen) atoms. The van der Waals surface area contributed by atoms with Crippen molar-refractivity contribution < 1.29 is 12.8 Å². The van der Waals surface area contributed by atoms with Crippen LogP contribution in [0, 0.1) is 5.82 Å². The molecular formula is C14H22ClFN2O2S. The van der Waals surface area contributed by atoms with Gasteiger partial charge < -0.3 is 5.32 Å². The highest BCUT2D eigenvalue weighted by Gasteiger charge is 2.35. The maximum absolute atomic E-state index is 14.5. The summed E-state index contributed by atoms with van der Waals surface area (Å²) >= 11 is 5.94. The quantitative estimate of drug-likeness (QED) is 0.868. The molecule has 1 N–H and O–H groups in total. The second-order valence-electron chi connectivity index (χ2n) is 5.55. The first-order chi connectivity index (χ1) is 9.57. The average molecular weight is 337 g/mol. The number of sulfonamides is 1. The Morgan fingerprint density at radius 3 is 2.43 bits per heavy atom. The van der Waals surface area contributed by atoms with Crippen molar-refractivity contribution in [3.05, 3.63) is 28.5 Å². The molecule has 0 saturated heterocycles. The topological polar surface area (TPSA) is 49.4 Å². The van der Waals surface area contributed by atoms with E-state index in [0.717, 1.165) is 6.07 Å². The van der Waals surface area contributed by atoms with E-state index in [9.17, 15) is 12.8 Å². The number of hydrogen-bond donors (Lipinski definition) is 1. The fourth-order valence-electron chi connectivity index (χ4n) is 1.82. The highest BCUT2D eigenvalue weighted by molar-refractivity contribution is 7.89. The van der Waals surface area contributed by atoms with Crippen LogP contribution < -0.4 is 5.32 Å². The summed E-state index contributed by atoms with van der Waals surface area (Å²) in [7, 11) is -0.848. The number of hydrogen-bond acceptors (Lipinski definition) is 3. The lowest BCUT2D eigenvalue weighted by molar-refractivity contribution is 0.256. The van der Waals surface area contributed by atoms with Crippen molar-refractivity contribution in [1.82, 2.24) is 9.62 Å². The van der Waals surface area contributed by atoms with E-state index in [1.54, 1.807) is 20.9 Å². The van der Waals surface area contributed by atoms with Gasteiger partial charge in [-0.05, 0) is 39.4 Å². The highest BCUT2D eigenvalue weighted by atomic mass is 35.5. The molecule has 0 unspecified atom stereocenters. The van der Waals surface area contributed by atoms with E-state index in [1.807, 2.05) is 6.92 Å². The van der Waals surface area contributed by atoms with Gasteiger partial charge in [-0.2, -0.15) is 4.31 Å². The zero-order valence-corrected chi connectivity index (χ0v) is 14.6. The van der Waals surface area contributed by atoms with Crippen LogP contribution in [0.4, 0.5) is 4.39 Å². The van der Waals surface area contributed by atoms with Crippen LogP contribution >= 0.6 is 11.6 Å². The third-order valence-corrected chi connectivity index (χ3v) is 6.09. The van der Waals surface area contributed by atoms with Gasteiger partial charge in [-0.15, -0.1) is 0 Å². The molecule has 0 atom stereocenters. The number of nitrogens with one attached hydrogen (secondary N) is 1. The molecule has 0 aliphatic rings. The van der Waals surface area contributed by atoms with Gasteiger partial charge in [-0.3, -0.25) is 0 Å². The smallest absolute Gasteiger partial charge is 0.246 e. The standard InChI is InChI=1S/C14H22ClFN2O2S/c1-6-14(2,3)18(5)21(19,20)12-8-11(15)7-10(9-17-4)13(12)16/h7-8,17H,6,9H2,1-5H3. The molecule has 7 heteroatoms. The third-order valence-electron chi connectivity index (χ3n) is 3.80. The molecule has 0 amide bonds. The van der Waals surface area contributed by atoms with Crippen LogP contribution in [0.5, 0.6) is 0 Å². The van der Waals surface area contributed by atoms with E-state index in [0.29, 0.717) is 6.42 Å². The summed E-state index contributed by atoms with van der Waals surface area (Å²) in [5, 5.41) is 2.99. The fourth-order valence-corrected chi connectivity index (χ4v) is 3.83. The molecule has 1 rings (SSSR count). The van der Waals surface area contributed by atoms with Crippen LogP contribution in [0.1, 0.15) is 32.8 Å². The van der Waals surface area contributed by atoms with Crippen LogP contribution in [0.2, 0.25) is 5.02 Å². The minimum absolute atomic E-state index is 0.197. The Bertz CT molecular complexity index is 618. The molecular weight excluding hydrogens is 315 g/mol. The van der Waals surface area contributed by atoms with Crippen LogP contribution in [-0.2, 0) is 16.6 Å². The number of benzene rings is 1. The minimum atomic E-state index is -3.96. The molecule has 120 valence electrons. The Balaban J connectivity index is 3.45. The van der Waals surface area contributed by atoms with Gasteiger partial charge in [0.1, 0.15) is 10.7 Å². The summed E-state index contributed by atoms with van der Waals surface area (Å²) in [5.74, 6) is -0.757. The Morgan fingerprint density at radius 2 is 1.95 bits per heavy atom. The van der Waals surface area contributed by atoms with E-state index in [2.05, 4.69) is 5.32 Å². The number of halogens is 2. The van der Waals surface area contributed by atoms with Gasteiger partial charge in [0.25, 0.3) is 0 Å². The van der Waals surface area contributed by atoms with Gasteiger partial charge in [0, 0.05) is 29.7 Å². The van der Waals surface area contributed by atoms with E-state index in [-0.39, 0.29) is 22.0 Å². The van der Waals surface area contributed by atoms with E-state index < -0.39 is 21.4 Å². The number of nitrogens with zero attached hydrogens (tertiary/aromatic N) is 1. The van der Waals surface area contributed by atoms with Crippen molar-refractivity contribution in [3.63, 3.8) is 0 Å². The molecule has 0 fully saturated rings. The molecule has 0 bridgehead atoms. The van der Waals surface area contributed by atoms with Gasteiger partial charge in [0.05, 0.1) is 0 Å². The van der Waals surface area contributed by atoms with Crippen LogP contribution in [0.15, 0.2) is 17.0 Å². The lowest BCUT2D eigenvalue weighted by Crippen LogP contribution is -2.44. The zero-order chi connectivity index (χ0) is 16.4. The Morgan fingerprint density at radius 1 is 1.38 bits per heavy atom. The van der Waals surface area contributed by atoms with Crippen LogP contribution in [0.3, 0.4) is 0 Å². The van der Waals surface area contributed by atoms with E-state index in [4.69, 9.17) is 11.6 Å². The van der Waals surface area contributed by atoms with Crippen molar-refractivity contribution >= 4 is 21.6 Å². The third kappa shape index (κ3) is 3.74. The summed E-state index contributed by atoms with van der Waals surface area (Å²) in [6, 6.07) is 2.59. The first kappa shape index (κ1) is 18.4. The highest BCUT2D eigenvalue weighted by Crippen LogP contribution is 2.30. The van der Waals surface area contributed by atoms with E-state index >= 15 is 0 Å². The molecule has 1 aromatic carbocycles. The van der Waals surface area contributed by atoms with Crippen molar-refractivity contribution in [1.29, 1.82) is 0 Å². The molecule has 0 aromatic heterocycles. The Labute approximate surface area is 131 Å². The summed E-state index contributed by atoms with van der Waals surface area (Å²) in [4.78, 5) is -0.385. The maximum Gasteiger partial charge on any atom is 0.246 e. The normalized spacial score (nSPS) is 13.0. The van der Waals surface area contributed by atoms with Crippen molar-refractivity contribution in [2.75, 3.05) is 14.1 Å². The zero-order valence-electron chi connectivity index (χ0n) is 13.0. The van der Waals surface area contributed by atoms with Gasteiger partial charge in [-0.25, -0.2) is 12.8 Å². The molecule has 0 aliphatic heterocycles. The fraction of sp³-hybridized carbons (Fsp3) is 0.571. The maximum atomic E-state index is 14.5. The second kappa shape index (κ2) is 6.60. The largest absolute Gasteiger partial charge is 0.316 e. The predicted molar refractivity (Wildman–Crippen MR) is 83.5 cm³/mol. The van der Waals surface area contributed by atoms with Crippen LogP contribution in [0.25, 0.3) is 0 Å². The molecule has 0 saturated carbocycles. The Hall–Kier alpha value is -0.690. The van der Waals surface area contributed by atoms with Crippen molar-refractivity contribution in [2.24, 2.45) is 0 Å². The lowest BCUT2D eigenvalue weighted by Gasteiger charge is -2.33. The summed E-state index contributed by atoms with van der Waals surface area (Å²) < 4.78 is 41.0.